The van der Waals surface area contributed by atoms with Crippen LogP contribution < -0.4 is 4.74 Å². The van der Waals surface area contributed by atoms with E-state index in [9.17, 15) is 4.79 Å². The molecule has 3 nitrogen and oxygen atoms in total. The molecule has 1 aromatic carbocycles. The molecule has 1 aromatic rings. The number of esters is 1. The summed E-state index contributed by atoms with van der Waals surface area (Å²) in [4.78, 5) is 11.2. The summed E-state index contributed by atoms with van der Waals surface area (Å²) >= 11 is 0. The summed E-state index contributed by atoms with van der Waals surface area (Å²) in [6.45, 7) is 9.32. The standard InChI is InChI=1S/C17H26O3/c1-5-19-17(18)8-6-7-11-20-16-12-15(13(2)3)10-9-14(16)4/h9-10,12-13H,5-8,11H2,1-4H3. The van der Waals surface area contributed by atoms with Crippen LogP contribution in [-0.4, -0.2) is 19.2 Å². The zero-order valence-electron chi connectivity index (χ0n) is 13.1. The summed E-state index contributed by atoms with van der Waals surface area (Å²) in [6.07, 6.45) is 2.15. The van der Waals surface area contributed by atoms with Crippen LogP contribution in [0.1, 0.15) is 57.1 Å². The Morgan fingerprint density at radius 1 is 1.25 bits per heavy atom. The molecule has 0 aliphatic heterocycles. The van der Waals surface area contributed by atoms with Crippen LogP contribution in [0.2, 0.25) is 0 Å². The molecule has 0 saturated carbocycles. The predicted molar refractivity (Wildman–Crippen MR) is 81.2 cm³/mol. The highest BCUT2D eigenvalue weighted by atomic mass is 16.5. The van der Waals surface area contributed by atoms with Crippen LogP contribution in [0, 0.1) is 6.92 Å². The van der Waals surface area contributed by atoms with Crippen LogP contribution in [0.25, 0.3) is 0 Å². The first kappa shape index (κ1) is 16.5. The minimum Gasteiger partial charge on any atom is -0.493 e. The molecule has 0 amide bonds. The second kappa shape index (κ2) is 8.62. The van der Waals surface area contributed by atoms with E-state index in [-0.39, 0.29) is 5.97 Å². The van der Waals surface area contributed by atoms with Gasteiger partial charge >= 0.3 is 5.97 Å². The summed E-state index contributed by atoms with van der Waals surface area (Å²) in [5.41, 5.74) is 2.44. The molecule has 0 fully saturated rings. The van der Waals surface area contributed by atoms with Crippen molar-refractivity contribution in [3.05, 3.63) is 29.3 Å². The fourth-order valence-corrected chi connectivity index (χ4v) is 1.92. The van der Waals surface area contributed by atoms with E-state index in [1.165, 1.54) is 5.56 Å². The minimum absolute atomic E-state index is 0.120. The van der Waals surface area contributed by atoms with Crippen molar-refractivity contribution in [2.75, 3.05) is 13.2 Å². The van der Waals surface area contributed by atoms with E-state index in [0.29, 0.717) is 25.6 Å². The van der Waals surface area contributed by atoms with Gasteiger partial charge in [0.25, 0.3) is 0 Å². The van der Waals surface area contributed by atoms with Crippen molar-refractivity contribution < 1.29 is 14.3 Å². The number of carbonyl (C=O) groups excluding carboxylic acids is 1. The molecule has 20 heavy (non-hydrogen) atoms. The second-order valence-electron chi connectivity index (χ2n) is 5.29. The number of aryl methyl sites for hydroxylation is 1. The third-order valence-corrected chi connectivity index (χ3v) is 3.22. The first-order chi connectivity index (χ1) is 9.54. The van der Waals surface area contributed by atoms with E-state index < -0.39 is 0 Å². The predicted octanol–water partition coefficient (Wildman–Crippen LogP) is 4.23. The molecule has 0 atom stereocenters. The van der Waals surface area contributed by atoms with E-state index >= 15 is 0 Å². The summed E-state index contributed by atoms with van der Waals surface area (Å²) in [6, 6.07) is 6.36. The number of ether oxygens (including phenoxy) is 2. The molecule has 0 unspecified atom stereocenters. The van der Waals surface area contributed by atoms with Crippen LogP contribution in [0.3, 0.4) is 0 Å². The Hall–Kier alpha value is -1.51. The van der Waals surface area contributed by atoms with E-state index in [2.05, 4.69) is 39.0 Å². The fourth-order valence-electron chi connectivity index (χ4n) is 1.92. The maximum atomic E-state index is 11.2. The molecule has 0 aliphatic rings. The van der Waals surface area contributed by atoms with Crippen LogP contribution in [0.15, 0.2) is 18.2 Å². The molecule has 0 saturated heterocycles. The molecular weight excluding hydrogens is 252 g/mol. The van der Waals surface area contributed by atoms with E-state index in [4.69, 9.17) is 9.47 Å². The summed E-state index contributed by atoms with van der Waals surface area (Å²) in [5, 5.41) is 0. The Balaban J connectivity index is 2.35. The molecule has 0 aliphatic carbocycles. The first-order valence-electron chi connectivity index (χ1n) is 7.43. The van der Waals surface area contributed by atoms with E-state index in [1.54, 1.807) is 0 Å². The zero-order valence-corrected chi connectivity index (χ0v) is 13.1. The maximum absolute atomic E-state index is 11.2. The smallest absolute Gasteiger partial charge is 0.305 e. The average molecular weight is 278 g/mol. The van der Waals surface area contributed by atoms with Gasteiger partial charge in [0.1, 0.15) is 5.75 Å². The van der Waals surface area contributed by atoms with Gasteiger partial charge in [-0.15, -0.1) is 0 Å². The average Bonchev–Trinajstić information content (AvgIpc) is 2.40. The van der Waals surface area contributed by atoms with E-state index in [0.717, 1.165) is 24.2 Å². The number of rotatable bonds is 8. The Morgan fingerprint density at radius 3 is 2.65 bits per heavy atom. The fraction of sp³-hybridized carbons (Fsp3) is 0.588. The SMILES string of the molecule is CCOC(=O)CCCCOc1cc(C(C)C)ccc1C. The summed E-state index contributed by atoms with van der Waals surface area (Å²) in [7, 11) is 0. The number of benzene rings is 1. The van der Waals surface area contributed by atoms with Crippen molar-refractivity contribution in [1.29, 1.82) is 0 Å². The maximum Gasteiger partial charge on any atom is 0.305 e. The Bertz CT molecular complexity index is 424. The monoisotopic (exact) mass is 278 g/mol. The van der Waals surface area contributed by atoms with Crippen molar-refractivity contribution in [3.63, 3.8) is 0 Å². The van der Waals surface area contributed by atoms with Gasteiger partial charge in [0.15, 0.2) is 0 Å². The summed E-state index contributed by atoms with van der Waals surface area (Å²) < 4.78 is 10.7. The quantitative estimate of drug-likeness (QED) is 0.527. The largest absolute Gasteiger partial charge is 0.493 e. The van der Waals surface area contributed by atoms with Gasteiger partial charge in [-0.05, 0) is 49.8 Å². The van der Waals surface area contributed by atoms with Gasteiger partial charge in [-0.1, -0.05) is 26.0 Å². The van der Waals surface area contributed by atoms with Crippen LogP contribution >= 0.6 is 0 Å². The number of unbranched alkanes of at least 4 members (excludes halogenated alkanes) is 1. The van der Waals surface area contributed by atoms with Gasteiger partial charge in [0, 0.05) is 6.42 Å². The molecular formula is C17H26O3. The lowest BCUT2D eigenvalue weighted by atomic mass is 10.0. The highest BCUT2D eigenvalue weighted by Crippen LogP contribution is 2.24. The topological polar surface area (TPSA) is 35.5 Å². The van der Waals surface area contributed by atoms with Crippen molar-refractivity contribution >= 4 is 5.97 Å². The molecule has 0 bridgehead atoms. The highest BCUT2D eigenvalue weighted by molar-refractivity contribution is 5.69. The molecule has 0 aromatic heterocycles. The number of carbonyl (C=O) groups is 1. The lowest BCUT2D eigenvalue weighted by Crippen LogP contribution is -2.05. The van der Waals surface area contributed by atoms with Crippen LogP contribution in [-0.2, 0) is 9.53 Å². The molecule has 0 N–H and O–H groups in total. The zero-order chi connectivity index (χ0) is 15.0. The molecule has 1 rings (SSSR count). The Kier molecular flexibility index (Phi) is 7.13. The molecule has 0 heterocycles. The molecule has 0 radical (unpaired) electrons. The van der Waals surface area contributed by atoms with Crippen molar-refractivity contribution in [2.24, 2.45) is 0 Å². The molecule has 0 spiro atoms. The van der Waals surface area contributed by atoms with Crippen molar-refractivity contribution in [1.82, 2.24) is 0 Å². The first-order valence-corrected chi connectivity index (χ1v) is 7.43. The minimum atomic E-state index is -0.120. The van der Waals surface area contributed by atoms with Gasteiger partial charge < -0.3 is 9.47 Å². The van der Waals surface area contributed by atoms with Crippen LogP contribution in [0.5, 0.6) is 5.75 Å². The summed E-state index contributed by atoms with van der Waals surface area (Å²) in [5.74, 6) is 1.33. The normalized spacial score (nSPS) is 10.7. The highest BCUT2D eigenvalue weighted by Gasteiger charge is 2.05. The van der Waals surface area contributed by atoms with Crippen molar-refractivity contribution in [2.45, 2.75) is 52.9 Å². The third kappa shape index (κ3) is 5.64. The number of hydrogen-bond donors (Lipinski definition) is 0. The van der Waals surface area contributed by atoms with Gasteiger partial charge in [0.05, 0.1) is 13.2 Å². The van der Waals surface area contributed by atoms with Crippen LogP contribution in [0.4, 0.5) is 0 Å². The van der Waals surface area contributed by atoms with Gasteiger partial charge in [-0.25, -0.2) is 0 Å². The molecule has 112 valence electrons. The lowest BCUT2D eigenvalue weighted by molar-refractivity contribution is -0.143. The molecule has 3 heteroatoms. The van der Waals surface area contributed by atoms with Crippen molar-refractivity contribution in [3.8, 4) is 5.75 Å². The van der Waals surface area contributed by atoms with Gasteiger partial charge in [-0.2, -0.15) is 0 Å². The second-order valence-corrected chi connectivity index (χ2v) is 5.29. The third-order valence-electron chi connectivity index (χ3n) is 3.22. The number of hydrogen-bond acceptors (Lipinski definition) is 3. The van der Waals surface area contributed by atoms with E-state index in [1.807, 2.05) is 6.92 Å². The Labute approximate surface area is 122 Å². The Morgan fingerprint density at radius 2 is 2.00 bits per heavy atom. The lowest BCUT2D eigenvalue weighted by Gasteiger charge is -2.12. The van der Waals surface area contributed by atoms with Gasteiger partial charge in [0.2, 0.25) is 0 Å². The van der Waals surface area contributed by atoms with Gasteiger partial charge in [-0.3, -0.25) is 4.79 Å².